The first-order valence-electron chi connectivity index (χ1n) is 7.39. The Kier molecular flexibility index (Phi) is 5.78. The van der Waals surface area contributed by atoms with Gasteiger partial charge in [0.05, 0.1) is 26.4 Å². The van der Waals surface area contributed by atoms with Gasteiger partial charge in [0.25, 0.3) is 5.91 Å². The molecule has 0 heterocycles. The number of anilines is 1. The van der Waals surface area contributed by atoms with Crippen LogP contribution in [0.2, 0.25) is 0 Å². The summed E-state index contributed by atoms with van der Waals surface area (Å²) in [5.41, 5.74) is 1.25. The minimum atomic E-state index is -0.434. The highest BCUT2D eigenvalue weighted by Gasteiger charge is 2.12. The van der Waals surface area contributed by atoms with E-state index >= 15 is 0 Å². The summed E-state index contributed by atoms with van der Waals surface area (Å²) >= 11 is 0. The minimum Gasteiger partial charge on any atom is -0.497 e. The van der Waals surface area contributed by atoms with Crippen LogP contribution in [0.15, 0.2) is 42.5 Å². The highest BCUT2D eigenvalue weighted by Crippen LogP contribution is 2.23. The Morgan fingerprint density at radius 3 is 2.21 bits per heavy atom. The fraction of sp³-hybridized carbons (Fsp3) is 0.222. The van der Waals surface area contributed by atoms with Crippen molar-refractivity contribution in [2.75, 3.05) is 26.1 Å². The Morgan fingerprint density at radius 2 is 1.62 bits per heavy atom. The number of ether oxygens (including phenoxy) is 3. The highest BCUT2D eigenvalue weighted by atomic mass is 16.5. The van der Waals surface area contributed by atoms with E-state index in [1.165, 1.54) is 14.2 Å². The number of nitrogens with one attached hydrogen (secondary N) is 1. The second kappa shape index (κ2) is 8.01. The van der Waals surface area contributed by atoms with E-state index in [0.29, 0.717) is 34.9 Å². The largest absolute Gasteiger partial charge is 0.497 e. The van der Waals surface area contributed by atoms with Crippen LogP contribution in [0, 0.1) is 0 Å². The van der Waals surface area contributed by atoms with Gasteiger partial charge < -0.3 is 19.5 Å². The normalized spacial score (nSPS) is 9.96. The molecule has 2 aromatic carbocycles. The van der Waals surface area contributed by atoms with Crippen LogP contribution >= 0.6 is 0 Å². The fourth-order valence-electron chi connectivity index (χ4n) is 2.08. The number of amides is 1. The Balaban J connectivity index is 2.20. The van der Waals surface area contributed by atoms with Crippen molar-refractivity contribution in [3.05, 3.63) is 53.6 Å². The Labute approximate surface area is 140 Å². The van der Waals surface area contributed by atoms with Crippen LogP contribution in [0.3, 0.4) is 0 Å². The first kappa shape index (κ1) is 17.3. The Bertz CT molecular complexity index is 720. The zero-order valence-corrected chi connectivity index (χ0v) is 13.8. The van der Waals surface area contributed by atoms with Crippen molar-refractivity contribution >= 4 is 17.6 Å². The lowest BCUT2D eigenvalue weighted by Crippen LogP contribution is -2.13. The molecular weight excluding hydrogens is 310 g/mol. The van der Waals surface area contributed by atoms with Gasteiger partial charge in [-0.3, -0.25) is 4.79 Å². The molecule has 0 radical (unpaired) electrons. The maximum absolute atomic E-state index is 12.4. The molecule has 0 fully saturated rings. The lowest BCUT2D eigenvalue weighted by atomic mass is 10.1. The van der Waals surface area contributed by atoms with E-state index in [2.05, 4.69) is 5.32 Å². The standard InChI is InChI=1S/C18H19NO5/c1-4-24-18(21)12-6-5-7-14(8-12)19-17(20)13-9-15(22-2)11-16(10-13)23-3/h5-11H,4H2,1-3H3,(H,19,20). The molecule has 0 spiro atoms. The monoisotopic (exact) mass is 329 g/mol. The number of carbonyl (C=O) groups is 2. The zero-order valence-electron chi connectivity index (χ0n) is 13.8. The van der Waals surface area contributed by atoms with Gasteiger partial charge in [-0.25, -0.2) is 4.79 Å². The maximum Gasteiger partial charge on any atom is 0.338 e. The van der Waals surface area contributed by atoms with E-state index in [0.717, 1.165) is 0 Å². The van der Waals surface area contributed by atoms with Crippen LogP contribution < -0.4 is 14.8 Å². The van der Waals surface area contributed by atoms with Crippen molar-refractivity contribution in [1.29, 1.82) is 0 Å². The third kappa shape index (κ3) is 4.25. The molecule has 0 aliphatic rings. The SMILES string of the molecule is CCOC(=O)c1cccc(NC(=O)c2cc(OC)cc(OC)c2)c1. The molecular formula is C18H19NO5. The van der Waals surface area contributed by atoms with E-state index in [1.807, 2.05) is 0 Å². The first-order valence-corrected chi connectivity index (χ1v) is 7.39. The van der Waals surface area contributed by atoms with Gasteiger partial charge in [0.1, 0.15) is 11.5 Å². The molecule has 6 nitrogen and oxygen atoms in total. The van der Waals surface area contributed by atoms with E-state index in [4.69, 9.17) is 14.2 Å². The van der Waals surface area contributed by atoms with Crippen molar-refractivity contribution in [2.45, 2.75) is 6.92 Å². The molecule has 1 amide bonds. The van der Waals surface area contributed by atoms with Crippen LogP contribution in [-0.4, -0.2) is 32.7 Å². The summed E-state index contributed by atoms with van der Waals surface area (Å²) in [6.07, 6.45) is 0. The van der Waals surface area contributed by atoms with Crippen LogP contribution in [0.25, 0.3) is 0 Å². The molecule has 6 heteroatoms. The summed E-state index contributed by atoms with van der Waals surface area (Å²) in [7, 11) is 3.03. The molecule has 0 bridgehead atoms. The van der Waals surface area contributed by atoms with E-state index in [9.17, 15) is 9.59 Å². The number of rotatable bonds is 6. The maximum atomic E-state index is 12.4. The van der Waals surface area contributed by atoms with Gasteiger partial charge in [-0.2, -0.15) is 0 Å². The van der Waals surface area contributed by atoms with Crippen molar-refractivity contribution in [3.63, 3.8) is 0 Å². The lowest BCUT2D eigenvalue weighted by molar-refractivity contribution is 0.0526. The van der Waals surface area contributed by atoms with Gasteiger partial charge in [-0.15, -0.1) is 0 Å². The molecule has 0 aliphatic heterocycles. The summed E-state index contributed by atoms with van der Waals surface area (Å²) < 4.78 is 15.3. The topological polar surface area (TPSA) is 73.9 Å². The van der Waals surface area contributed by atoms with Gasteiger partial charge in [0, 0.05) is 17.3 Å². The third-order valence-electron chi connectivity index (χ3n) is 3.25. The van der Waals surface area contributed by atoms with Gasteiger partial charge >= 0.3 is 5.97 Å². The third-order valence-corrected chi connectivity index (χ3v) is 3.25. The zero-order chi connectivity index (χ0) is 17.5. The quantitative estimate of drug-likeness (QED) is 0.824. The Hall–Kier alpha value is -3.02. The average Bonchev–Trinajstić information content (AvgIpc) is 2.61. The van der Waals surface area contributed by atoms with Crippen molar-refractivity contribution < 1.29 is 23.8 Å². The number of methoxy groups -OCH3 is 2. The molecule has 126 valence electrons. The van der Waals surface area contributed by atoms with Gasteiger partial charge in [-0.05, 0) is 37.3 Å². The summed E-state index contributed by atoms with van der Waals surface area (Å²) in [5.74, 6) is 0.254. The van der Waals surface area contributed by atoms with Crippen LogP contribution in [-0.2, 0) is 4.74 Å². The molecule has 24 heavy (non-hydrogen) atoms. The van der Waals surface area contributed by atoms with Crippen molar-refractivity contribution in [3.8, 4) is 11.5 Å². The van der Waals surface area contributed by atoms with Crippen LogP contribution in [0.1, 0.15) is 27.6 Å². The lowest BCUT2D eigenvalue weighted by Gasteiger charge is -2.10. The van der Waals surface area contributed by atoms with E-state index < -0.39 is 5.97 Å². The highest BCUT2D eigenvalue weighted by molar-refractivity contribution is 6.05. The van der Waals surface area contributed by atoms with Crippen molar-refractivity contribution in [2.24, 2.45) is 0 Å². The minimum absolute atomic E-state index is 0.291. The number of benzene rings is 2. The number of hydrogen-bond acceptors (Lipinski definition) is 5. The second-order valence-electron chi connectivity index (χ2n) is 4.86. The van der Waals surface area contributed by atoms with Crippen LogP contribution in [0.4, 0.5) is 5.69 Å². The molecule has 0 aromatic heterocycles. The van der Waals surface area contributed by atoms with Gasteiger partial charge in [-0.1, -0.05) is 6.07 Å². The van der Waals surface area contributed by atoms with E-state index in [1.54, 1.807) is 49.4 Å². The van der Waals surface area contributed by atoms with Gasteiger partial charge in [0.15, 0.2) is 0 Å². The smallest absolute Gasteiger partial charge is 0.338 e. The molecule has 0 saturated heterocycles. The molecule has 2 aromatic rings. The van der Waals surface area contributed by atoms with Crippen molar-refractivity contribution in [1.82, 2.24) is 0 Å². The first-order chi connectivity index (χ1) is 11.6. The predicted octanol–water partition coefficient (Wildman–Crippen LogP) is 3.13. The van der Waals surface area contributed by atoms with Gasteiger partial charge in [0.2, 0.25) is 0 Å². The molecule has 0 aliphatic carbocycles. The molecule has 0 atom stereocenters. The summed E-state index contributed by atoms with van der Waals surface area (Å²) in [6.45, 7) is 2.03. The number of hydrogen-bond donors (Lipinski definition) is 1. The average molecular weight is 329 g/mol. The molecule has 0 unspecified atom stereocenters. The number of esters is 1. The number of carbonyl (C=O) groups excluding carboxylic acids is 2. The van der Waals surface area contributed by atoms with E-state index in [-0.39, 0.29) is 5.91 Å². The molecule has 0 saturated carbocycles. The Morgan fingerprint density at radius 1 is 0.958 bits per heavy atom. The summed E-state index contributed by atoms with van der Waals surface area (Å²) in [5, 5.41) is 2.74. The summed E-state index contributed by atoms with van der Waals surface area (Å²) in [4.78, 5) is 24.2. The predicted molar refractivity (Wildman–Crippen MR) is 89.9 cm³/mol. The van der Waals surface area contributed by atoms with Crippen LogP contribution in [0.5, 0.6) is 11.5 Å². The summed E-state index contributed by atoms with van der Waals surface area (Å²) in [6, 6.07) is 11.4. The molecule has 1 N–H and O–H groups in total. The molecule has 2 rings (SSSR count). The fourth-order valence-corrected chi connectivity index (χ4v) is 2.08. The second-order valence-corrected chi connectivity index (χ2v) is 4.86.